The zero-order valence-corrected chi connectivity index (χ0v) is 15.8. The quantitative estimate of drug-likeness (QED) is 0.636. The molecule has 3 heterocycles. The monoisotopic (exact) mass is 384 g/mol. The maximum atomic E-state index is 13.2. The fraction of sp³-hybridized carbons (Fsp3) is 0.368. The van der Waals surface area contributed by atoms with E-state index in [2.05, 4.69) is 15.0 Å². The molecule has 1 aromatic carbocycles. The molecule has 1 aliphatic rings. The van der Waals surface area contributed by atoms with Gasteiger partial charge in [0, 0.05) is 18.5 Å². The average molecular weight is 384 g/mol. The number of nitrogens with zero attached hydrogens (tertiary/aromatic N) is 4. The van der Waals surface area contributed by atoms with Gasteiger partial charge in [0.05, 0.1) is 32.0 Å². The van der Waals surface area contributed by atoms with Crippen molar-refractivity contribution in [1.82, 2.24) is 19.9 Å². The lowest BCUT2D eigenvalue weighted by Gasteiger charge is -2.16. The van der Waals surface area contributed by atoms with Gasteiger partial charge in [0.2, 0.25) is 0 Å². The number of esters is 1. The summed E-state index contributed by atoms with van der Waals surface area (Å²) >= 11 is 0. The molecule has 0 bridgehead atoms. The summed E-state index contributed by atoms with van der Waals surface area (Å²) in [7, 11) is 2.88. The van der Waals surface area contributed by atoms with E-state index in [0.717, 1.165) is 5.39 Å². The van der Waals surface area contributed by atoms with E-state index in [9.17, 15) is 9.59 Å². The zero-order valence-electron chi connectivity index (χ0n) is 15.8. The molecular weight excluding hydrogens is 364 g/mol. The first-order chi connectivity index (χ1) is 13.5. The van der Waals surface area contributed by atoms with Crippen LogP contribution in [0, 0.1) is 6.92 Å². The standard InChI is InChI=1S/C19H20N4O5/c1-11-17(14-8-13(26-2)4-5-16(14)28-11)18(24)22-7-6-12(9-22)23-10-15(20-21-23)19(25)27-3/h4-5,8,10,12H,6-7,9H2,1-3H3. The van der Waals surface area contributed by atoms with Gasteiger partial charge in [0.1, 0.15) is 17.1 Å². The van der Waals surface area contributed by atoms with Crippen LogP contribution < -0.4 is 4.74 Å². The summed E-state index contributed by atoms with van der Waals surface area (Å²) < 4.78 is 17.3. The van der Waals surface area contributed by atoms with Crippen LogP contribution in [0.5, 0.6) is 5.75 Å². The second-order valence-corrected chi connectivity index (χ2v) is 6.66. The van der Waals surface area contributed by atoms with Crippen molar-refractivity contribution >= 4 is 22.8 Å². The Morgan fingerprint density at radius 2 is 2.11 bits per heavy atom. The van der Waals surface area contributed by atoms with Gasteiger partial charge in [0.15, 0.2) is 5.69 Å². The molecule has 0 N–H and O–H groups in total. The van der Waals surface area contributed by atoms with Gasteiger partial charge in [-0.1, -0.05) is 5.21 Å². The van der Waals surface area contributed by atoms with Gasteiger partial charge < -0.3 is 18.8 Å². The number of hydrogen-bond acceptors (Lipinski definition) is 7. The molecule has 9 heteroatoms. The number of rotatable bonds is 4. The van der Waals surface area contributed by atoms with Crippen molar-refractivity contribution in [3.05, 3.63) is 41.4 Å². The second-order valence-electron chi connectivity index (χ2n) is 6.66. The van der Waals surface area contributed by atoms with Crippen LogP contribution in [0.1, 0.15) is 39.1 Å². The highest BCUT2D eigenvalue weighted by molar-refractivity contribution is 6.07. The average Bonchev–Trinajstić information content (AvgIpc) is 3.43. The van der Waals surface area contributed by atoms with Gasteiger partial charge in [-0.15, -0.1) is 5.10 Å². The highest BCUT2D eigenvalue weighted by Gasteiger charge is 2.32. The molecule has 1 unspecified atom stereocenters. The van der Waals surface area contributed by atoms with Crippen molar-refractivity contribution in [2.45, 2.75) is 19.4 Å². The Balaban J connectivity index is 1.57. The van der Waals surface area contributed by atoms with Gasteiger partial charge in [-0.05, 0) is 31.5 Å². The number of aromatic nitrogens is 3. The van der Waals surface area contributed by atoms with Gasteiger partial charge in [0.25, 0.3) is 5.91 Å². The van der Waals surface area contributed by atoms with Crippen molar-refractivity contribution < 1.29 is 23.5 Å². The summed E-state index contributed by atoms with van der Waals surface area (Å²) in [5.74, 6) is 0.608. The summed E-state index contributed by atoms with van der Waals surface area (Å²) in [6, 6.07) is 5.36. The summed E-state index contributed by atoms with van der Waals surface area (Å²) in [5, 5.41) is 8.57. The van der Waals surface area contributed by atoms with Gasteiger partial charge in [-0.2, -0.15) is 0 Å². The Morgan fingerprint density at radius 3 is 2.86 bits per heavy atom. The van der Waals surface area contributed by atoms with Crippen molar-refractivity contribution in [1.29, 1.82) is 0 Å². The number of ether oxygens (including phenoxy) is 2. The van der Waals surface area contributed by atoms with Crippen LogP contribution in [0.15, 0.2) is 28.8 Å². The highest BCUT2D eigenvalue weighted by Crippen LogP contribution is 2.31. The SMILES string of the molecule is COC(=O)c1cn(C2CCN(C(=O)c3c(C)oc4ccc(OC)cc34)C2)nn1. The number of hydrogen-bond donors (Lipinski definition) is 0. The predicted molar refractivity (Wildman–Crippen MR) is 98.4 cm³/mol. The minimum Gasteiger partial charge on any atom is -0.497 e. The lowest BCUT2D eigenvalue weighted by atomic mass is 10.1. The third kappa shape index (κ3) is 2.98. The highest BCUT2D eigenvalue weighted by atomic mass is 16.5. The van der Waals surface area contributed by atoms with Crippen molar-refractivity contribution in [3.63, 3.8) is 0 Å². The van der Waals surface area contributed by atoms with Crippen molar-refractivity contribution in [2.75, 3.05) is 27.3 Å². The summed E-state index contributed by atoms with van der Waals surface area (Å²) in [4.78, 5) is 26.5. The minimum atomic E-state index is -0.536. The fourth-order valence-corrected chi connectivity index (χ4v) is 3.55. The number of methoxy groups -OCH3 is 2. The third-order valence-corrected chi connectivity index (χ3v) is 5.01. The molecule has 9 nitrogen and oxygen atoms in total. The number of carbonyl (C=O) groups is 2. The third-order valence-electron chi connectivity index (χ3n) is 5.01. The number of fused-ring (bicyclic) bond motifs is 1. The fourth-order valence-electron chi connectivity index (χ4n) is 3.55. The first kappa shape index (κ1) is 18.0. The summed E-state index contributed by atoms with van der Waals surface area (Å²) in [6.07, 6.45) is 2.27. The Bertz CT molecular complexity index is 1050. The first-order valence-corrected chi connectivity index (χ1v) is 8.88. The second kappa shape index (κ2) is 6.99. The molecule has 0 spiro atoms. The number of amides is 1. The predicted octanol–water partition coefficient (Wildman–Crippen LogP) is 2.22. The molecule has 0 aliphatic carbocycles. The molecule has 1 aliphatic heterocycles. The number of likely N-dealkylation sites (tertiary alicyclic amines) is 1. The molecule has 1 atom stereocenters. The molecule has 1 saturated heterocycles. The van der Waals surface area contributed by atoms with Crippen LogP contribution in [0.3, 0.4) is 0 Å². The van der Waals surface area contributed by atoms with Gasteiger partial charge in [-0.25, -0.2) is 9.48 Å². The summed E-state index contributed by atoms with van der Waals surface area (Å²) in [6.45, 7) is 2.83. The molecule has 1 fully saturated rings. The molecule has 0 saturated carbocycles. The number of benzene rings is 1. The first-order valence-electron chi connectivity index (χ1n) is 8.88. The molecule has 1 amide bonds. The maximum Gasteiger partial charge on any atom is 0.360 e. The lowest BCUT2D eigenvalue weighted by molar-refractivity contribution is 0.0593. The summed E-state index contributed by atoms with van der Waals surface area (Å²) in [5.41, 5.74) is 1.34. The van der Waals surface area contributed by atoms with Crippen LogP contribution in [-0.2, 0) is 4.74 Å². The van der Waals surface area contributed by atoms with Gasteiger partial charge in [-0.3, -0.25) is 4.79 Å². The van der Waals surface area contributed by atoms with Crippen molar-refractivity contribution in [3.8, 4) is 5.75 Å². The minimum absolute atomic E-state index is 0.0529. The van der Waals surface area contributed by atoms with Crippen LogP contribution in [0.25, 0.3) is 11.0 Å². The van der Waals surface area contributed by atoms with E-state index >= 15 is 0 Å². The van der Waals surface area contributed by atoms with Gasteiger partial charge >= 0.3 is 5.97 Å². The Hall–Kier alpha value is -3.36. The van der Waals surface area contributed by atoms with E-state index in [-0.39, 0.29) is 17.6 Å². The van der Waals surface area contributed by atoms with E-state index in [1.54, 1.807) is 41.9 Å². The number of furan rings is 1. The smallest absolute Gasteiger partial charge is 0.360 e. The maximum absolute atomic E-state index is 13.2. The normalized spacial score (nSPS) is 16.5. The van der Waals surface area contributed by atoms with E-state index in [0.29, 0.717) is 42.2 Å². The van der Waals surface area contributed by atoms with E-state index in [1.165, 1.54) is 7.11 Å². The lowest BCUT2D eigenvalue weighted by Crippen LogP contribution is -2.29. The zero-order chi connectivity index (χ0) is 19.8. The number of aryl methyl sites for hydroxylation is 1. The largest absolute Gasteiger partial charge is 0.497 e. The molecule has 0 radical (unpaired) electrons. The van der Waals surface area contributed by atoms with Crippen LogP contribution in [0.2, 0.25) is 0 Å². The molecule has 28 heavy (non-hydrogen) atoms. The van der Waals surface area contributed by atoms with E-state index < -0.39 is 5.97 Å². The van der Waals surface area contributed by atoms with Crippen LogP contribution >= 0.6 is 0 Å². The van der Waals surface area contributed by atoms with Crippen LogP contribution in [-0.4, -0.2) is 59.1 Å². The Morgan fingerprint density at radius 1 is 1.29 bits per heavy atom. The molecular formula is C19H20N4O5. The topological polar surface area (TPSA) is 99.7 Å². The van der Waals surface area contributed by atoms with E-state index in [1.807, 2.05) is 6.07 Å². The van der Waals surface area contributed by atoms with Crippen LogP contribution in [0.4, 0.5) is 0 Å². The molecule has 2 aromatic heterocycles. The number of carbonyl (C=O) groups excluding carboxylic acids is 2. The van der Waals surface area contributed by atoms with Crippen molar-refractivity contribution in [2.24, 2.45) is 0 Å². The molecule has 4 rings (SSSR count). The Labute approximate surface area is 160 Å². The molecule has 146 valence electrons. The molecule has 3 aromatic rings. The Kier molecular flexibility index (Phi) is 4.50. The van der Waals surface area contributed by atoms with E-state index in [4.69, 9.17) is 9.15 Å².